The van der Waals surface area contributed by atoms with Crippen LogP contribution >= 0.6 is 11.8 Å². The number of carbonyl (C=O) groups is 2. The summed E-state index contributed by atoms with van der Waals surface area (Å²) >= 11 is 1.61. The van der Waals surface area contributed by atoms with Gasteiger partial charge in [-0.2, -0.15) is 0 Å². The number of anilines is 2. The van der Waals surface area contributed by atoms with E-state index < -0.39 is 0 Å². The Hall–Kier alpha value is -3.05. The molecule has 2 amide bonds. The van der Waals surface area contributed by atoms with Crippen molar-refractivity contribution in [2.24, 2.45) is 5.92 Å². The summed E-state index contributed by atoms with van der Waals surface area (Å²) in [4.78, 5) is 29.3. The molecule has 146 valence electrons. The van der Waals surface area contributed by atoms with Gasteiger partial charge in [-0.3, -0.25) is 9.59 Å². The Balaban J connectivity index is 1.48. The van der Waals surface area contributed by atoms with Crippen molar-refractivity contribution in [2.75, 3.05) is 16.8 Å². The summed E-state index contributed by atoms with van der Waals surface area (Å²) in [6.45, 7) is 2.39. The zero-order chi connectivity index (χ0) is 20.2. The summed E-state index contributed by atoms with van der Waals surface area (Å²) in [6, 6.07) is 25.6. The van der Waals surface area contributed by atoms with Crippen LogP contribution in [0.25, 0.3) is 0 Å². The van der Waals surface area contributed by atoms with E-state index in [1.807, 2.05) is 85.8 Å². The molecular formula is C24H22N2O2S. The number of nitrogens with one attached hydrogen (secondary N) is 1. The largest absolute Gasteiger partial charge is 0.325 e. The summed E-state index contributed by atoms with van der Waals surface area (Å²) in [6.07, 6.45) is 0.230. The molecule has 1 aliphatic heterocycles. The van der Waals surface area contributed by atoms with E-state index in [9.17, 15) is 9.59 Å². The third-order valence-corrected chi connectivity index (χ3v) is 6.10. The van der Waals surface area contributed by atoms with Crippen LogP contribution in [0.3, 0.4) is 0 Å². The molecule has 1 heterocycles. The average molecular weight is 403 g/mol. The lowest BCUT2D eigenvalue weighted by molar-refractivity contribution is -0.122. The highest BCUT2D eigenvalue weighted by Gasteiger charge is 2.35. The molecule has 0 saturated carbocycles. The number of nitrogens with zero attached hydrogens (tertiary/aromatic N) is 1. The number of carbonyl (C=O) groups excluding carboxylic acids is 2. The minimum Gasteiger partial charge on any atom is -0.325 e. The van der Waals surface area contributed by atoms with Crippen molar-refractivity contribution in [3.8, 4) is 0 Å². The number of hydrogen-bond donors (Lipinski definition) is 1. The lowest BCUT2D eigenvalue weighted by Gasteiger charge is -2.19. The average Bonchev–Trinajstić information content (AvgIpc) is 3.12. The zero-order valence-corrected chi connectivity index (χ0v) is 17.0. The van der Waals surface area contributed by atoms with E-state index >= 15 is 0 Å². The summed E-state index contributed by atoms with van der Waals surface area (Å²) in [5, 5.41) is 3.04. The Kier molecular flexibility index (Phi) is 5.67. The Labute approximate surface area is 174 Å². The highest BCUT2D eigenvalue weighted by molar-refractivity contribution is 7.99. The zero-order valence-electron chi connectivity index (χ0n) is 16.2. The fourth-order valence-corrected chi connectivity index (χ4v) is 4.41. The Morgan fingerprint density at radius 2 is 1.66 bits per heavy atom. The molecule has 0 aliphatic carbocycles. The quantitative estimate of drug-likeness (QED) is 0.643. The predicted molar refractivity (Wildman–Crippen MR) is 117 cm³/mol. The van der Waals surface area contributed by atoms with E-state index in [2.05, 4.69) is 5.32 Å². The van der Waals surface area contributed by atoms with Crippen LogP contribution in [-0.2, 0) is 9.59 Å². The first-order chi connectivity index (χ1) is 14.1. The molecule has 5 heteroatoms. The summed E-state index contributed by atoms with van der Waals surface area (Å²) in [5.41, 5.74) is 2.69. The number of amides is 2. The molecule has 3 aromatic carbocycles. The molecule has 1 saturated heterocycles. The number of benzene rings is 3. The summed E-state index contributed by atoms with van der Waals surface area (Å²) in [7, 11) is 0. The normalized spacial score (nSPS) is 16.1. The van der Waals surface area contributed by atoms with Gasteiger partial charge >= 0.3 is 0 Å². The van der Waals surface area contributed by atoms with Gasteiger partial charge in [-0.15, -0.1) is 0 Å². The maximum absolute atomic E-state index is 12.9. The second-order valence-electron chi connectivity index (χ2n) is 7.09. The van der Waals surface area contributed by atoms with Crippen LogP contribution in [0.4, 0.5) is 11.4 Å². The minimum absolute atomic E-state index is 0.00797. The van der Waals surface area contributed by atoms with E-state index in [0.717, 1.165) is 26.7 Å². The third-order valence-electron chi connectivity index (χ3n) is 5.02. The maximum Gasteiger partial charge on any atom is 0.229 e. The van der Waals surface area contributed by atoms with Crippen molar-refractivity contribution in [3.05, 3.63) is 84.4 Å². The van der Waals surface area contributed by atoms with Gasteiger partial charge in [0.25, 0.3) is 0 Å². The molecule has 0 radical (unpaired) electrons. The van der Waals surface area contributed by atoms with E-state index in [1.165, 1.54) is 0 Å². The van der Waals surface area contributed by atoms with Crippen molar-refractivity contribution in [1.29, 1.82) is 0 Å². The van der Waals surface area contributed by atoms with Crippen molar-refractivity contribution in [1.82, 2.24) is 0 Å². The van der Waals surface area contributed by atoms with Gasteiger partial charge in [-0.25, -0.2) is 0 Å². The monoisotopic (exact) mass is 402 g/mol. The van der Waals surface area contributed by atoms with Crippen molar-refractivity contribution < 1.29 is 9.59 Å². The number of para-hydroxylation sites is 2. The molecule has 1 atom stereocenters. The maximum atomic E-state index is 12.9. The van der Waals surface area contributed by atoms with Crippen LogP contribution in [0, 0.1) is 12.8 Å². The second kappa shape index (κ2) is 8.53. The molecule has 29 heavy (non-hydrogen) atoms. The molecule has 1 fully saturated rings. The molecular weight excluding hydrogens is 380 g/mol. The highest BCUT2D eigenvalue weighted by atomic mass is 32.2. The summed E-state index contributed by atoms with van der Waals surface area (Å²) < 4.78 is 0. The lowest BCUT2D eigenvalue weighted by Crippen LogP contribution is -2.28. The molecule has 0 bridgehead atoms. The molecule has 1 aliphatic rings. The first-order valence-electron chi connectivity index (χ1n) is 9.60. The van der Waals surface area contributed by atoms with E-state index in [1.54, 1.807) is 16.7 Å². The van der Waals surface area contributed by atoms with E-state index in [0.29, 0.717) is 6.54 Å². The smallest absolute Gasteiger partial charge is 0.229 e. The van der Waals surface area contributed by atoms with Gasteiger partial charge in [-0.05, 0) is 42.8 Å². The number of aryl methyl sites for hydroxylation is 1. The van der Waals surface area contributed by atoms with Gasteiger partial charge in [0, 0.05) is 28.4 Å². The van der Waals surface area contributed by atoms with Crippen LogP contribution in [-0.4, -0.2) is 18.4 Å². The first kappa shape index (κ1) is 19.3. The first-order valence-corrected chi connectivity index (χ1v) is 10.4. The predicted octanol–water partition coefficient (Wildman–Crippen LogP) is 5.14. The topological polar surface area (TPSA) is 49.4 Å². The van der Waals surface area contributed by atoms with Gasteiger partial charge in [0.15, 0.2) is 0 Å². The molecule has 4 nitrogen and oxygen atoms in total. The van der Waals surface area contributed by atoms with Crippen LogP contribution in [0.5, 0.6) is 0 Å². The van der Waals surface area contributed by atoms with E-state index in [-0.39, 0.29) is 24.2 Å². The molecule has 3 aromatic rings. The molecule has 0 spiro atoms. The molecule has 1 N–H and O–H groups in total. The van der Waals surface area contributed by atoms with Gasteiger partial charge in [-0.1, -0.05) is 60.3 Å². The molecule has 4 rings (SSSR count). The van der Waals surface area contributed by atoms with Crippen molar-refractivity contribution >= 4 is 35.0 Å². The molecule has 0 aromatic heterocycles. The summed E-state index contributed by atoms with van der Waals surface area (Å²) in [5.74, 6) is -0.487. The number of hydrogen-bond acceptors (Lipinski definition) is 3. The Bertz CT molecular complexity index is 1040. The van der Waals surface area contributed by atoms with E-state index in [4.69, 9.17) is 0 Å². The standard InChI is InChI=1S/C24H22N2O2S/c1-17-9-5-7-13-21(17)26-16-18(15-23(26)27)24(28)25-20-12-6-8-14-22(20)29-19-10-3-2-4-11-19/h2-14,18H,15-16H2,1H3,(H,25,28). The third kappa shape index (κ3) is 4.35. The highest BCUT2D eigenvalue weighted by Crippen LogP contribution is 2.34. The van der Waals surface area contributed by atoms with Crippen LogP contribution < -0.4 is 10.2 Å². The van der Waals surface area contributed by atoms with Crippen LogP contribution in [0.2, 0.25) is 0 Å². The lowest BCUT2D eigenvalue weighted by atomic mass is 10.1. The molecule has 1 unspecified atom stereocenters. The van der Waals surface area contributed by atoms with Crippen molar-refractivity contribution in [2.45, 2.75) is 23.1 Å². The van der Waals surface area contributed by atoms with Gasteiger partial charge in [0.1, 0.15) is 0 Å². The minimum atomic E-state index is -0.364. The fraction of sp³-hybridized carbons (Fsp3) is 0.167. The fourth-order valence-electron chi connectivity index (χ4n) is 3.49. The van der Waals surface area contributed by atoms with Gasteiger partial charge in [0.2, 0.25) is 11.8 Å². The Morgan fingerprint density at radius 1 is 0.966 bits per heavy atom. The second-order valence-corrected chi connectivity index (χ2v) is 8.21. The van der Waals surface area contributed by atoms with Crippen molar-refractivity contribution in [3.63, 3.8) is 0 Å². The van der Waals surface area contributed by atoms with Crippen LogP contribution in [0.15, 0.2) is 88.7 Å². The van der Waals surface area contributed by atoms with Gasteiger partial charge < -0.3 is 10.2 Å². The van der Waals surface area contributed by atoms with Crippen LogP contribution in [0.1, 0.15) is 12.0 Å². The number of rotatable bonds is 5. The SMILES string of the molecule is Cc1ccccc1N1CC(C(=O)Nc2ccccc2Sc2ccccc2)CC1=O. The Morgan fingerprint density at radius 3 is 2.45 bits per heavy atom. The van der Waals surface area contributed by atoms with Gasteiger partial charge in [0.05, 0.1) is 11.6 Å².